The van der Waals surface area contributed by atoms with Gasteiger partial charge >= 0.3 is 5.97 Å². The van der Waals surface area contributed by atoms with Gasteiger partial charge in [0, 0.05) is 30.7 Å². The molecule has 2 atom stereocenters. The molecule has 1 rings (SSSR count). The molecule has 7 nitrogen and oxygen atoms in total. The smallest absolute Gasteiger partial charge is 0.327 e. The van der Waals surface area contributed by atoms with Gasteiger partial charge in [-0.25, -0.2) is 4.79 Å². The Morgan fingerprint density at radius 3 is 2.56 bits per heavy atom. The van der Waals surface area contributed by atoms with E-state index in [2.05, 4.69) is 10.6 Å². The van der Waals surface area contributed by atoms with E-state index < -0.39 is 25.3 Å². The van der Waals surface area contributed by atoms with Crippen LogP contribution >= 0.6 is 31.3 Å². The first-order chi connectivity index (χ1) is 12.8. The Morgan fingerprint density at radius 2 is 2.00 bits per heavy atom. The van der Waals surface area contributed by atoms with Crippen molar-refractivity contribution in [2.24, 2.45) is 0 Å². The van der Waals surface area contributed by atoms with Crippen LogP contribution in [0.2, 0.25) is 0 Å². The van der Waals surface area contributed by atoms with Crippen LogP contribution in [0.1, 0.15) is 20.3 Å². The summed E-state index contributed by atoms with van der Waals surface area (Å²) in [7, 11) is -2.91. The Morgan fingerprint density at radius 1 is 1.33 bits per heavy atom. The maximum absolute atomic E-state index is 13.1. The third-order valence-corrected chi connectivity index (χ3v) is 7.51. The second kappa shape index (κ2) is 12.1. The highest BCUT2D eigenvalue weighted by molar-refractivity contribution is 8.23. The maximum Gasteiger partial charge on any atom is 0.327 e. The monoisotopic (exact) mass is 432 g/mol. The molecule has 0 aliphatic carbocycles. The summed E-state index contributed by atoms with van der Waals surface area (Å²) in [5, 5.41) is 15.1. The second-order valence-electron chi connectivity index (χ2n) is 5.62. The lowest BCUT2D eigenvalue weighted by molar-refractivity contribution is -0.140. The average Bonchev–Trinajstić information content (AvgIpc) is 2.63. The third kappa shape index (κ3) is 8.88. The van der Waals surface area contributed by atoms with E-state index >= 15 is 0 Å². The Bertz CT molecular complexity index is 687. The van der Waals surface area contributed by atoms with E-state index in [0.29, 0.717) is 35.4 Å². The number of carbonyl (C=O) groups is 2. The lowest BCUT2D eigenvalue weighted by Crippen LogP contribution is -2.42. The molecule has 0 fully saturated rings. The van der Waals surface area contributed by atoms with E-state index in [1.807, 2.05) is 25.1 Å². The summed E-state index contributed by atoms with van der Waals surface area (Å²) in [6, 6.07) is 8.14. The molecule has 0 bridgehead atoms. The molecule has 1 aromatic carbocycles. The minimum Gasteiger partial charge on any atom is -0.480 e. The number of carboxylic acid groups (broad SMARTS) is 1. The minimum absolute atomic E-state index is 0.127. The fraction of sp³-hybridized carbons (Fsp3) is 0.471. The van der Waals surface area contributed by atoms with Crippen molar-refractivity contribution in [2.75, 3.05) is 25.1 Å². The van der Waals surface area contributed by atoms with Crippen molar-refractivity contribution < 1.29 is 23.8 Å². The molecule has 3 N–H and O–H groups in total. The summed E-state index contributed by atoms with van der Waals surface area (Å²) < 4.78 is 19.0. The molecule has 27 heavy (non-hydrogen) atoms. The second-order valence-corrected chi connectivity index (χ2v) is 9.89. The predicted molar refractivity (Wildman–Crippen MR) is 113 cm³/mol. The lowest BCUT2D eigenvalue weighted by Gasteiger charge is -2.18. The number of carbonyl (C=O) groups excluding carboxylic acids is 1. The SMILES string of the molecule is CCOP(=O)(CCCNC(=S)SC[C@H](NC(C)=O)C(=O)O)c1ccccc1. The van der Waals surface area contributed by atoms with E-state index in [1.165, 1.54) is 6.92 Å². The van der Waals surface area contributed by atoms with Crippen LogP contribution in [0, 0.1) is 0 Å². The quantitative estimate of drug-likeness (QED) is 0.278. The molecule has 0 aliphatic rings. The molecular weight excluding hydrogens is 407 g/mol. The largest absolute Gasteiger partial charge is 0.480 e. The van der Waals surface area contributed by atoms with E-state index in [9.17, 15) is 14.2 Å². The van der Waals surface area contributed by atoms with Gasteiger partial charge in [0.2, 0.25) is 13.3 Å². The number of nitrogens with one attached hydrogen (secondary N) is 2. The van der Waals surface area contributed by atoms with E-state index in [1.54, 1.807) is 12.1 Å². The zero-order valence-electron chi connectivity index (χ0n) is 15.3. The van der Waals surface area contributed by atoms with Gasteiger partial charge in [-0.05, 0) is 25.5 Å². The molecule has 0 aromatic heterocycles. The van der Waals surface area contributed by atoms with Crippen molar-refractivity contribution >= 4 is 52.9 Å². The van der Waals surface area contributed by atoms with Gasteiger partial charge in [0.05, 0.1) is 6.61 Å². The molecule has 0 spiro atoms. The highest BCUT2D eigenvalue weighted by Gasteiger charge is 2.24. The number of hydrogen-bond acceptors (Lipinski definition) is 6. The van der Waals surface area contributed by atoms with Gasteiger partial charge < -0.3 is 20.3 Å². The maximum atomic E-state index is 13.1. The molecule has 0 heterocycles. The van der Waals surface area contributed by atoms with Gasteiger partial charge in [-0.15, -0.1) is 0 Å². The predicted octanol–water partition coefficient (Wildman–Crippen LogP) is 2.21. The highest BCUT2D eigenvalue weighted by atomic mass is 32.2. The number of aliphatic carboxylic acids is 1. The van der Waals surface area contributed by atoms with Gasteiger partial charge in [0.15, 0.2) is 0 Å². The summed E-state index contributed by atoms with van der Waals surface area (Å²) in [4.78, 5) is 22.1. The molecule has 1 unspecified atom stereocenters. The number of carboxylic acids is 1. The lowest BCUT2D eigenvalue weighted by atomic mass is 10.3. The van der Waals surface area contributed by atoms with Crippen molar-refractivity contribution in [2.45, 2.75) is 26.3 Å². The first-order valence-electron chi connectivity index (χ1n) is 8.48. The summed E-state index contributed by atoms with van der Waals surface area (Å²) in [5.41, 5.74) is 0. The molecular formula is C17H25N2O5PS2. The molecule has 10 heteroatoms. The summed E-state index contributed by atoms with van der Waals surface area (Å²) >= 11 is 6.31. The van der Waals surface area contributed by atoms with Crippen LogP contribution in [0.3, 0.4) is 0 Å². The fourth-order valence-electron chi connectivity index (χ4n) is 2.24. The average molecular weight is 433 g/mol. The zero-order chi connectivity index (χ0) is 20.3. The number of benzene rings is 1. The van der Waals surface area contributed by atoms with E-state index in [4.69, 9.17) is 21.8 Å². The number of amides is 1. The number of hydrogen-bond donors (Lipinski definition) is 3. The normalized spacial score (nSPS) is 14.0. The standard InChI is InChI=1S/C17H25N2O5PS2/c1-3-24-25(23,14-8-5-4-6-9-14)11-7-10-18-17(26)27-12-15(16(21)22)19-13(2)20/h4-6,8-9,15H,3,7,10-12H2,1-2H3,(H,18,26)(H,19,20)(H,21,22)/t15-,25?/m0/s1. The van der Waals surface area contributed by atoms with Gasteiger partial charge in [-0.3, -0.25) is 9.36 Å². The van der Waals surface area contributed by atoms with Gasteiger partial charge in [0.25, 0.3) is 0 Å². The van der Waals surface area contributed by atoms with Crippen molar-refractivity contribution in [3.63, 3.8) is 0 Å². The first kappa shape index (κ1) is 23.6. The number of rotatable bonds is 11. The zero-order valence-corrected chi connectivity index (χ0v) is 17.9. The van der Waals surface area contributed by atoms with Crippen LogP contribution in [-0.4, -0.2) is 52.4 Å². The van der Waals surface area contributed by atoms with Gasteiger partial charge in [-0.2, -0.15) is 0 Å². The van der Waals surface area contributed by atoms with Crippen LogP contribution in [0.4, 0.5) is 0 Å². The minimum atomic E-state index is -2.91. The first-order valence-corrected chi connectivity index (χ1v) is 11.7. The fourth-order valence-corrected chi connectivity index (χ4v) is 5.45. The van der Waals surface area contributed by atoms with Crippen molar-refractivity contribution in [1.82, 2.24) is 10.6 Å². The van der Waals surface area contributed by atoms with Crippen LogP contribution in [-0.2, 0) is 18.7 Å². The topological polar surface area (TPSA) is 105 Å². The molecule has 1 amide bonds. The number of thiocarbonyl (C=S) groups is 1. The highest BCUT2D eigenvalue weighted by Crippen LogP contribution is 2.45. The molecule has 150 valence electrons. The number of thioether (sulfide) groups is 1. The molecule has 1 aromatic rings. The molecule has 0 saturated carbocycles. The Hall–Kier alpha value is -1.41. The Labute approximate surface area is 169 Å². The van der Waals surface area contributed by atoms with Gasteiger partial charge in [-0.1, -0.05) is 42.2 Å². The van der Waals surface area contributed by atoms with E-state index in [0.717, 1.165) is 11.8 Å². The molecule has 0 radical (unpaired) electrons. The Balaban J connectivity index is 2.43. The van der Waals surface area contributed by atoms with Crippen molar-refractivity contribution in [1.29, 1.82) is 0 Å². The molecule has 0 saturated heterocycles. The summed E-state index contributed by atoms with van der Waals surface area (Å²) in [6.07, 6.45) is 0.968. The van der Waals surface area contributed by atoms with Crippen LogP contribution in [0.15, 0.2) is 30.3 Å². The van der Waals surface area contributed by atoms with Crippen molar-refractivity contribution in [3.05, 3.63) is 30.3 Å². The Kier molecular flexibility index (Phi) is 10.6. The van der Waals surface area contributed by atoms with Gasteiger partial charge in [0.1, 0.15) is 10.4 Å². The third-order valence-electron chi connectivity index (χ3n) is 3.44. The van der Waals surface area contributed by atoms with Crippen molar-refractivity contribution in [3.8, 4) is 0 Å². The summed E-state index contributed by atoms with van der Waals surface area (Å²) in [6.45, 7) is 3.94. The summed E-state index contributed by atoms with van der Waals surface area (Å²) in [5.74, 6) is -1.39. The van der Waals surface area contributed by atoms with Crippen LogP contribution in [0.25, 0.3) is 0 Å². The van der Waals surface area contributed by atoms with Crippen LogP contribution in [0.5, 0.6) is 0 Å². The molecule has 0 aliphatic heterocycles. The van der Waals surface area contributed by atoms with E-state index in [-0.39, 0.29) is 5.75 Å². The van der Waals surface area contributed by atoms with Crippen LogP contribution < -0.4 is 15.9 Å².